The number of urea groups is 1. The van der Waals surface area contributed by atoms with Gasteiger partial charge >= 0.3 is 12.0 Å². The van der Waals surface area contributed by atoms with Crippen LogP contribution in [0, 0.1) is 5.92 Å². The first-order valence-electron chi connectivity index (χ1n) is 9.05. The second kappa shape index (κ2) is 9.01. The average Bonchev–Trinajstić information content (AvgIpc) is 2.61. The zero-order valence-corrected chi connectivity index (χ0v) is 14.7. The summed E-state index contributed by atoms with van der Waals surface area (Å²) in [5.41, 5.74) is 0. The van der Waals surface area contributed by atoms with Gasteiger partial charge < -0.3 is 15.0 Å². The number of rotatable bonds is 4. The first-order chi connectivity index (χ1) is 11.5. The van der Waals surface area contributed by atoms with Crippen molar-refractivity contribution in [3.05, 3.63) is 0 Å². The van der Waals surface area contributed by atoms with Crippen LogP contribution in [0.5, 0.6) is 0 Å². The number of carbonyl (C=O) groups is 3. The molecule has 3 N–H and O–H groups in total. The van der Waals surface area contributed by atoms with Crippen molar-refractivity contribution >= 4 is 17.9 Å². The Morgan fingerprint density at radius 1 is 1.04 bits per heavy atom. The number of ether oxygens (including phenoxy) is 1. The van der Waals surface area contributed by atoms with Crippen molar-refractivity contribution < 1.29 is 24.0 Å². The summed E-state index contributed by atoms with van der Waals surface area (Å²) in [4.78, 5) is 36.9. The summed E-state index contributed by atoms with van der Waals surface area (Å²) in [6, 6.07) is -0.506. The second-order valence-electron chi connectivity index (χ2n) is 6.98. The van der Waals surface area contributed by atoms with Crippen molar-refractivity contribution in [2.45, 2.75) is 64.0 Å². The van der Waals surface area contributed by atoms with Gasteiger partial charge in [-0.05, 0) is 19.8 Å². The van der Waals surface area contributed by atoms with E-state index in [1.165, 1.54) is 13.5 Å². The van der Waals surface area contributed by atoms with Gasteiger partial charge in [0.25, 0.3) is 5.91 Å². The Hall–Kier alpha value is -1.63. The highest BCUT2D eigenvalue weighted by Gasteiger charge is 2.33. The lowest BCUT2D eigenvalue weighted by molar-refractivity contribution is -0.919. The number of hydrogen-bond acceptors (Lipinski definition) is 4. The molecule has 0 aromatic rings. The van der Waals surface area contributed by atoms with Gasteiger partial charge in [0.2, 0.25) is 0 Å². The zero-order valence-electron chi connectivity index (χ0n) is 14.7. The molecule has 1 saturated carbocycles. The molecular formula is C17H30N3O4+. The van der Waals surface area contributed by atoms with Crippen LogP contribution >= 0.6 is 0 Å². The van der Waals surface area contributed by atoms with Crippen LogP contribution < -0.4 is 15.5 Å². The van der Waals surface area contributed by atoms with E-state index in [9.17, 15) is 14.4 Å². The van der Waals surface area contributed by atoms with E-state index in [1.54, 1.807) is 0 Å². The van der Waals surface area contributed by atoms with E-state index in [-0.39, 0.29) is 35.9 Å². The van der Waals surface area contributed by atoms with Crippen LogP contribution in [-0.4, -0.2) is 50.2 Å². The highest BCUT2D eigenvalue weighted by molar-refractivity contribution is 5.96. The molecule has 24 heavy (non-hydrogen) atoms. The minimum atomic E-state index is -0.386. The molecule has 0 radical (unpaired) electrons. The van der Waals surface area contributed by atoms with Crippen molar-refractivity contribution in [2.24, 2.45) is 5.92 Å². The smallest absolute Gasteiger partial charge is 0.321 e. The zero-order chi connectivity index (χ0) is 17.5. The van der Waals surface area contributed by atoms with Gasteiger partial charge in [0, 0.05) is 18.9 Å². The average molecular weight is 340 g/mol. The monoisotopic (exact) mass is 340 g/mol. The van der Waals surface area contributed by atoms with Crippen molar-refractivity contribution in [2.75, 3.05) is 20.2 Å². The van der Waals surface area contributed by atoms with Crippen LogP contribution in [0.3, 0.4) is 0 Å². The Bertz CT molecular complexity index is 455. The maximum Gasteiger partial charge on any atom is 0.321 e. The summed E-state index contributed by atoms with van der Waals surface area (Å²) >= 11 is 0. The molecule has 2 rings (SSSR count). The highest BCUT2D eigenvalue weighted by Crippen LogP contribution is 2.17. The normalized spacial score (nSPS) is 26.2. The van der Waals surface area contributed by atoms with Crippen LogP contribution in [0.15, 0.2) is 0 Å². The lowest BCUT2D eigenvalue weighted by Crippen LogP contribution is -3.17. The molecule has 2 fully saturated rings. The Kier molecular flexibility index (Phi) is 7.02. The number of piperidine rings is 1. The number of methoxy groups -OCH3 is 1. The lowest BCUT2D eigenvalue weighted by Gasteiger charge is -2.31. The molecule has 0 aromatic heterocycles. The largest absolute Gasteiger partial charge is 0.469 e. The van der Waals surface area contributed by atoms with Crippen molar-refractivity contribution in [3.63, 3.8) is 0 Å². The van der Waals surface area contributed by atoms with E-state index < -0.39 is 0 Å². The number of carbonyl (C=O) groups excluding carboxylic acids is 3. The third kappa shape index (κ3) is 5.19. The summed E-state index contributed by atoms with van der Waals surface area (Å²) < 4.78 is 4.78. The van der Waals surface area contributed by atoms with Crippen molar-refractivity contribution in [3.8, 4) is 0 Å². The van der Waals surface area contributed by atoms with Gasteiger partial charge in [0.05, 0.1) is 26.1 Å². The molecule has 1 heterocycles. The number of quaternary nitrogens is 1. The molecule has 0 bridgehead atoms. The number of nitrogens with one attached hydrogen (secondary N) is 3. The maximum atomic E-state index is 12.3. The topological polar surface area (TPSA) is 88.9 Å². The van der Waals surface area contributed by atoms with E-state index in [4.69, 9.17) is 4.74 Å². The molecule has 0 spiro atoms. The van der Waals surface area contributed by atoms with Crippen molar-refractivity contribution in [1.82, 2.24) is 10.6 Å². The Morgan fingerprint density at radius 2 is 1.67 bits per heavy atom. The van der Waals surface area contributed by atoms with Crippen molar-refractivity contribution in [1.29, 1.82) is 0 Å². The summed E-state index contributed by atoms with van der Waals surface area (Å²) in [5.74, 6) is -0.489. The number of amides is 3. The molecule has 0 aromatic carbocycles. The Balaban J connectivity index is 1.73. The number of hydrogen-bond donors (Lipinski definition) is 3. The van der Waals surface area contributed by atoms with Gasteiger partial charge in [0.1, 0.15) is 0 Å². The first-order valence-corrected chi connectivity index (χ1v) is 9.05. The van der Waals surface area contributed by atoms with Crippen LogP contribution in [0.2, 0.25) is 0 Å². The Labute approximate surface area is 143 Å². The van der Waals surface area contributed by atoms with Crippen LogP contribution in [-0.2, 0) is 14.3 Å². The van der Waals surface area contributed by atoms with Crippen LogP contribution in [0.25, 0.3) is 0 Å². The molecule has 1 aliphatic carbocycles. The molecule has 136 valence electrons. The van der Waals surface area contributed by atoms with E-state index in [0.29, 0.717) is 12.8 Å². The fourth-order valence-corrected chi connectivity index (χ4v) is 3.70. The summed E-state index contributed by atoms with van der Waals surface area (Å²) in [6.07, 6.45) is 6.90. The number of imide groups is 1. The van der Waals surface area contributed by atoms with E-state index in [1.807, 2.05) is 6.92 Å². The molecule has 1 saturated heterocycles. The molecule has 0 unspecified atom stereocenters. The third-order valence-electron chi connectivity index (χ3n) is 5.35. The number of likely N-dealkylation sites (tertiary alicyclic amines) is 1. The molecule has 1 aliphatic heterocycles. The Morgan fingerprint density at radius 3 is 2.25 bits per heavy atom. The van der Waals surface area contributed by atoms with Gasteiger partial charge in [-0.25, -0.2) is 4.79 Å². The van der Waals surface area contributed by atoms with Crippen LogP contribution in [0.4, 0.5) is 4.79 Å². The summed E-state index contributed by atoms with van der Waals surface area (Å²) in [7, 11) is 1.41. The van der Waals surface area contributed by atoms with Gasteiger partial charge in [-0.3, -0.25) is 14.9 Å². The second-order valence-corrected chi connectivity index (χ2v) is 6.98. The molecule has 2 aliphatic rings. The fourth-order valence-electron chi connectivity index (χ4n) is 3.70. The number of esters is 1. The SMILES string of the molecule is COC(=O)C1CC[NH+]([C@H](C)C(=O)NC(=O)NC2CCCCC2)CC1. The maximum absolute atomic E-state index is 12.3. The van der Waals surface area contributed by atoms with Gasteiger partial charge in [-0.2, -0.15) is 0 Å². The van der Waals surface area contributed by atoms with E-state index in [2.05, 4.69) is 10.6 Å². The predicted octanol–water partition coefficient (Wildman–Crippen LogP) is 0.00130. The van der Waals surface area contributed by atoms with Gasteiger partial charge in [0.15, 0.2) is 6.04 Å². The minimum Gasteiger partial charge on any atom is -0.469 e. The van der Waals surface area contributed by atoms with Crippen LogP contribution in [0.1, 0.15) is 51.9 Å². The third-order valence-corrected chi connectivity index (χ3v) is 5.35. The molecule has 7 nitrogen and oxygen atoms in total. The fraction of sp³-hybridized carbons (Fsp3) is 0.824. The summed E-state index contributed by atoms with van der Waals surface area (Å²) in [6.45, 7) is 3.30. The van der Waals surface area contributed by atoms with E-state index in [0.717, 1.165) is 43.7 Å². The quantitative estimate of drug-likeness (QED) is 0.629. The van der Waals surface area contributed by atoms with Gasteiger partial charge in [-0.1, -0.05) is 19.3 Å². The standard InChI is InChI=1S/C17H29N3O4/c1-12(20-10-8-13(9-11-20)16(22)24-2)15(21)19-17(23)18-14-6-4-3-5-7-14/h12-14H,3-11H2,1-2H3,(H2,18,19,21,23)/p+1/t12-/m1/s1. The first kappa shape index (κ1) is 18.7. The highest BCUT2D eigenvalue weighted by atomic mass is 16.5. The molecule has 1 atom stereocenters. The molecular weight excluding hydrogens is 310 g/mol. The summed E-state index contributed by atoms with van der Waals surface area (Å²) in [5, 5.41) is 5.36. The van der Waals surface area contributed by atoms with Gasteiger partial charge in [-0.15, -0.1) is 0 Å². The lowest BCUT2D eigenvalue weighted by atomic mass is 9.95. The minimum absolute atomic E-state index is 0.0661. The molecule has 3 amide bonds. The van der Waals surface area contributed by atoms with E-state index >= 15 is 0 Å². The predicted molar refractivity (Wildman–Crippen MR) is 88.4 cm³/mol. The molecule has 7 heteroatoms.